The number of amidine groups is 1. The van der Waals surface area contributed by atoms with E-state index in [4.69, 9.17) is 5.14 Å². The molecule has 1 unspecified atom stereocenters. The van der Waals surface area contributed by atoms with Gasteiger partial charge in [0.1, 0.15) is 6.04 Å². The lowest BCUT2D eigenvalue weighted by Gasteiger charge is -2.10. The molecule has 1 atom stereocenters. The SMILES string of the molecule is Cc1c(C2CN3N=C(S(N)(=O)=O)SC3=N2)cnn1-c1ccccc1. The van der Waals surface area contributed by atoms with Crippen LogP contribution in [0.4, 0.5) is 0 Å². The summed E-state index contributed by atoms with van der Waals surface area (Å²) in [6.07, 6.45) is 1.80. The number of hydrazone groups is 1. The van der Waals surface area contributed by atoms with Gasteiger partial charge in [-0.25, -0.2) is 23.2 Å². The molecule has 0 saturated carbocycles. The molecular formula is C14H14N6O2S2. The third-order valence-electron chi connectivity index (χ3n) is 3.86. The molecule has 0 aliphatic carbocycles. The van der Waals surface area contributed by atoms with Gasteiger partial charge >= 0.3 is 0 Å². The maximum atomic E-state index is 11.4. The topological polar surface area (TPSA) is 106 Å². The minimum atomic E-state index is -3.79. The molecule has 0 amide bonds. The van der Waals surface area contributed by atoms with E-state index in [1.54, 1.807) is 11.2 Å². The number of thioether (sulfide) groups is 1. The third kappa shape index (κ3) is 2.52. The number of aromatic nitrogens is 2. The van der Waals surface area contributed by atoms with E-state index in [2.05, 4.69) is 15.2 Å². The number of fused-ring (bicyclic) bond motifs is 1. The first kappa shape index (κ1) is 15.4. The van der Waals surface area contributed by atoms with E-state index in [1.165, 1.54) is 0 Å². The molecule has 0 spiro atoms. The quantitative estimate of drug-likeness (QED) is 0.864. The monoisotopic (exact) mass is 362 g/mol. The second-order valence-corrected chi connectivity index (χ2v) is 8.15. The van der Waals surface area contributed by atoms with Crippen molar-refractivity contribution in [2.45, 2.75) is 13.0 Å². The Bertz CT molecular complexity index is 964. The Morgan fingerprint density at radius 2 is 2.04 bits per heavy atom. The Morgan fingerprint density at radius 1 is 1.29 bits per heavy atom. The molecule has 8 nitrogen and oxygen atoms in total. The van der Waals surface area contributed by atoms with Crippen LogP contribution in [0.25, 0.3) is 5.69 Å². The number of hydrogen-bond donors (Lipinski definition) is 1. The average Bonchev–Trinajstić information content (AvgIpc) is 3.19. The smallest absolute Gasteiger partial charge is 0.250 e. The second kappa shape index (κ2) is 5.43. The molecule has 0 bridgehead atoms. The molecule has 2 aliphatic rings. The van der Waals surface area contributed by atoms with Crippen LogP contribution in [0.15, 0.2) is 46.6 Å². The van der Waals surface area contributed by atoms with E-state index in [0.717, 1.165) is 28.7 Å². The van der Waals surface area contributed by atoms with Crippen molar-refractivity contribution in [3.8, 4) is 5.69 Å². The fourth-order valence-corrected chi connectivity index (χ4v) is 4.30. The lowest BCUT2D eigenvalue weighted by molar-refractivity contribution is 0.462. The number of nitrogens with two attached hydrogens (primary N) is 1. The number of primary sulfonamides is 1. The average molecular weight is 362 g/mol. The van der Waals surface area contributed by atoms with Gasteiger partial charge in [0.05, 0.1) is 18.4 Å². The molecule has 2 N–H and O–H groups in total. The first-order chi connectivity index (χ1) is 11.4. The number of para-hydroxylation sites is 1. The van der Waals surface area contributed by atoms with E-state index in [1.807, 2.05) is 41.9 Å². The molecule has 24 heavy (non-hydrogen) atoms. The van der Waals surface area contributed by atoms with Crippen LogP contribution in [0.5, 0.6) is 0 Å². The third-order valence-corrected chi connectivity index (χ3v) is 6.14. The number of hydrogen-bond acceptors (Lipinski definition) is 7. The van der Waals surface area contributed by atoms with Gasteiger partial charge in [-0.05, 0) is 30.8 Å². The van der Waals surface area contributed by atoms with Crippen LogP contribution in [0.3, 0.4) is 0 Å². The van der Waals surface area contributed by atoms with E-state index in [0.29, 0.717) is 11.7 Å². The molecular weight excluding hydrogens is 348 g/mol. The van der Waals surface area contributed by atoms with Gasteiger partial charge in [0.15, 0.2) is 5.17 Å². The van der Waals surface area contributed by atoms with Crippen molar-refractivity contribution >= 4 is 31.3 Å². The van der Waals surface area contributed by atoms with Gasteiger partial charge in [0.2, 0.25) is 4.38 Å². The zero-order valence-corrected chi connectivity index (χ0v) is 14.3. The van der Waals surface area contributed by atoms with Crippen molar-refractivity contribution in [1.82, 2.24) is 14.8 Å². The summed E-state index contributed by atoms with van der Waals surface area (Å²) in [6.45, 7) is 2.47. The predicted molar refractivity (Wildman–Crippen MR) is 93.3 cm³/mol. The Hall–Kier alpha value is -2.17. The Morgan fingerprint density at radius 3 is 2.71 bits per heavy atom. The molecule has 3 heterocycles. The summed E-state index contributed by atoms with van der Waals surface area (Å²) >= 11 is 0.981. The Balaban J connectivity index is 1.61. The largest absolute Gasteiger partial charge is 0.264 e. The van der Waals surface area contributed by atoms with Crippen LogP contribution in [-0.4, -0.2) is 39.3 Å². The van der Waals surface area contributed by atoms with Crippen molar-refractivity contribution in [3.05, 3.63) is 47.8 Å². The van der Waals surface area contributed by atoms with Crippen molar-refractivity contribution in [2.75, 3.05) is 6.54 Å². The van der Waals surface area contributed by atoms with E-state index in [9.17, 15) is 8.42 Å². The van der Waals surface area contributed by atoms with Crippen LogP contribution in [0.2, 0.25) is 0 Å². The normalized spacial score (nSPS) is 20.1. The lowest BCUT2D eigenvalue weighted by Crippen LogP contribution is -2.20. The standard InChI is InChI=1S/C14H14N6O2S2/c1-9-11(7-16-20(9)10-5-3-2-4-6-10)12-8-19-13(17-12)23-14(18-19)24(15,21)22/h2-7,12H,8H2,1H3,(H2,15,21,22). The summed E-state index contributed by atoms with van der Waals surface area (Å²) in [5.74, 6) is 0. The summed E-state index contributed by atoms with van der Waals surface area (Å²) in [5.41, 5.74) is 2.97. The number of rotatable bonds is 2. The highest BCUT2D eigenvalue weighted by molar-refractivity contribution is 8.42. The van der Waals surface area contributed by atoms with Crippen LogP contribution >= 0.6 is 11.8 Å². The van der Waals surface area contributed by atoms with Gasteiger partial charge in [-0.2, -0.15) is 5.10 Å². The fraction of sp³-hybridized carbons (Fsp3) is 0.214. The molecule has 10 heteroatoms. The van der Waals surface area contributed by atoms with Crippen molar-refractivity contribution in [1.29, 1.82) is 0 Å². The van der Waals surface area contributed by atoms with E-state index < -0.39 is 10.0 Å². The summed E-state index contributed by atoms with van der Waals surface area (Å²) in [6, 6.07) is 9.72. The van der Waals surface area contributed by atoms with E-state index in [-0.39, 0.29) is 10.4 Å². The van der Waals surface area contributed by atoms with Gasteiger partial charge < -0.3 is 0 Å². The summed E-state index contributed by atoms with van der Waals surface area (Å²) in [5, 5.41) is 15.7. The highest BCUT2D eigenvalue weighted by Crippen LogP contribution is 2.35. The van der Waals surface area contributed by atoms with Gasteiger partial charge in [-0.3, -0.25) is 4.99 Å². The zero-order valence-electron chi connectivity index (χ0n) is 12.7. The first-order valence-electron chi connectivity index (χ1n) is 7.18. The summed E-state index contributed by atoms with van der Waals surface area (Å²) in [4.78, 5) is 4.57. The second-order valence-electron chi connectivity index (χ2n) is 5.46. The Labute approximate surface area is 143 Å². The first-order valence-corrected chi connectivity index (χ1v) is 9.54. The van der Waals surface area contributed by atoms with Crippen LogP contribution in [0.1, 0.15) is 17.3 Å². The molecule has 2 aliphatic heterocycles. The maximum absolute atomic E-state index is 11.4. The van der Waals surface area contributed by atoms with Gasteiger partial charge in [0, 0.05) is 11.3 Å². The highest BCUT2D eigenvalue weighted by atomic mass is 32.3. The van der Waals surface area contributed by atoms with Gasteiger partial charge in [0.25, 0.3) is 10.0 Å². The summed E-state index contributed by atoms with van der Waals surface area (Å²) in [7, 11) is -3.79. The van der Waals surface area contributed by atoms with Gasteiger partial charge in [-0.1, -0.05) is 18.2 Å². The minimum Gasteiger partial charge on any atom is -0.250 e. The predicted octanol–water partition coefficient (Wildman–Crippen LogP) is 1.20. The van der Waals surface area contributed by atoms with Crippen molar-refractivity contribution in [3.63, 3.8) is 0 Å². The number of aliphatic imine (C=N–C) groups is 1. The van der Waals surface area contributed by atoms with Crippen LogP contribution < -0.4 is 5.14 Å². The van der Waals surface area contributed by atoms with Crippen molar-refractivity contribution in [2.24, 2.45) is 15.2 Å². The number of sulfonamides is 1. The van der Waals surface area contributed by atoms with Crippen LogP contribution in [0, 0.1) is 6.92 Å². The van der Waals surface area contributed by atoms with Crippen molar-refractivity contribution < 1.29 is 8.42 Å². The Kier molecular flexibility index (Phi) is 3.48. The van der Waals surface area contributed by atoms with Crippen LogP contribution in [-0.2, 0) is 10.0 Å². The molecule has 0 fully saturated rings. The van der Waals surface area contributed by atoms with Gasteiger partial charge in [-0.15, -0.1) is 5.10 Å². The minimum absolute atomic E-state index is 0.114. The molecule has 0 radical (unpaired) electrons. The lowest BCUT2D eigenvalue weighted by atomic mass is 10.1. The molecule has 0 saturated heterocycles. The zero-order chi connectivity index (χ0) is 16.9. The molecule has 124 valence electrons. The summed E-state index contributed by atoms with van der Waals surface area (Å²) < 4.78 is 24.5. The molecule has 4 rings (SSSR count). The maximum Gasteiger partial charge on any atom is 0.264 e. The highest BCUT2D eigenvalue weighted by Gasteiger charge is 2.37. The number of benzene rings is 1. The number of nitrogens with zero attached hydrogens (tertiary/aromatic N) is 5. The molecule has 1 aromatic heterocycles. The fourth-order valence-electron chi connectivity index (χ4n) is 2.70. The van der Waals surface area contributed by atoms with E-state index >= 15 is 0 Å². The molecule has 1 aromatic carbocycles. The molecule has 2 aromatic rings.